The van der Waals surface area contributed by atoms with Crippen molar-refractivity contribution >= 4 is 5.78 Å². The molecule has 1 aliphatic heterocycles. The van der Waals surface area contributed by atoms with Crippen molar-refractivity contribution in [2.45, 2.75) is 13.8 Å². The summed E-state index contributed by atoms with van der Waals surface area (Å²) in [5, 5.41) is 0. The molecule has 0 amide bonds. The van der Waals surface area contributed by atoms with Gasteiger partial charge in [0, 0.05) is 12.5 Å². The average Bonchev–Trinajstić information content (AvgIpc) is 2.47. The molecule has 0 bridgehead atoms. The molecule has 13 heavy (non-hydrogen) atoms. The first kappa shape index (κ1) is 8.05. The van der Waals surface area contributed by atoms with Crippen LogP contribution in [0.2, 0.25) is 0 Å². The van der Waals surface area contributed by atoms with Gasteiger partial charge in [-0.2, -0.15) is 0 Å². The molecule has 0 saturated heterocycles. The van der Waals surface area contributed by atoms with Gasteiger partial charge in [0.25, 0.3) is 0 Å². The maximum absolute atomic E-state index is 11.0. The van der Waals surface area contributed by atoms with Gasteiger partial charge in [-0.05, 0) is 30.7 Å². The van der Waals surface area contributed by atoms with Crippen LogP contribution in [0.4, 0.5) is 0 Å². The van der Waals surface area contributed by atoms with E-state index in [1.807, 2.05) is 25.1 Å². The van der Waals surface area contributed by atoms with E-state index in [9.17, 15) is 4.79 Å². The minimum Gasteiger partial charge on any atom is -0.453 e. The lowest BCUT2D eigenvalue weighted by Crippen LogP contribution is -1.91. The fraction of sp³-hybridized carbons (Fsp3) is 0.182. The van der Waals surface area contributed by atoms with E-state index in [0.29, 0.717) is 5.76 Å². The zero-order valence-corrected chi connectivity index (χ0v) is 7.63. The first-order valence-electron chi connectivity index (χ1n) is 4.18. The molecule has 0 atom stereocenters. The van der Waals surface area contributed by atoms with Crippen molar-refractivity contribution in [3.8, 4) is 11.3 Å². The van der Waals surface area contributed by atoms with Gasteiger partial charge in [0.15, 0.2) is 11.5 Å². The quantitative estimate of drug-likeness (QED) is 0.622. The van der Waals surface area contributed by atoms with Gasteiger partial charge in [-0.25, -0.2) is 0 Å². The van der Waals surface area contributed by atoms with Gasteiger partial charge in [0.05, 0.1) is 0 Å². The molecule has 2 aliphatic rings. The monoisotopic (exact) mass is 174 g/mol. The van der Waals surface area contributed by atoms with E-state index < -0.39 is 0 Å². The number of ketones is 1. The number of rotatable bonds is 1. The van der Waals surface area contributed by atoms with Gasteiger partial charge in [-0.3, -0.25) is 4.79 Å². The van der Waals surface area contributed by atoms with Gasteiger partial charge >= 0.3 is 0 Å². The molecule has 2 rings (SSSR count). The predicted octanol–water partition coefficient (Wildman–Crippen LogP) is 2.90. The summed E-state index contributed by atoms with van der Waals surface area (Å²) in [7, 11) is 0. The Kier molecular flexibility index (Phi) is 1.69. The van der Waals surface area contributed by atoms with E-state index in [4.69, 9.17) is 4.42 Å². The standard InChI is InChI=1S/C11H10O2/c1-7-3-5-11-9(7)4-6-10(13-11)8(2)12/h3-6H,1-2H3. The number of hydrogen-bond donors (Lipinski definition) is 0. The summed E-state index contributed by atoms with van der Waals surface area (Å²) in [4.78, 5) is 11.0. The molecule has 1 aliphatic carbocycles. The molecule has 0 spiro atoms. The Bertz CT molecular complexity index is 426. The van der Waals surface area contributed by atoms with Crippen LogP contribution in [0, 0.1) is 6.92 Å². The second kappa shape index (κ2) is 2.73. The molecule has 1 heterocycles. The maximum Gasteiger partial charge on any atom is 0.194 e. The Morgan fingerprint density at radius 3 is 2.69 bits per heavy atom. The normalized spacial score (nSPS) is 10.6. The molecular formula is C11H10O2. The van der Waals surface area contributed by atoms with Crippen molar-refractivity contribution in [2.75, 3.05) is 0 Å². The Balaban J connectivity index is 2.63. The van der Waals surface area contributed by atoms with Crippen LogP contribution < -0.4 is 0 Å². The first-order valence-corrected chi connectivity index (χ1v) is 4.18. The van der Waals surface area contributed by atoms with Crippen molar-refractivity contribution in [3.05, 3.63) is 35.6 Å². The topological polar surface area (TPSA) is 30.2 Å². The molecule has 2 heteroatoms. The third-order valence-electron chi connectivity index (χ3n) is 2.14. The van der Waals surface area contributed by atoms with Crippen LogP contribution in [0.25, 0.3) is 11.3 Å². The third-order valence-corrected chi connectivity index (χ3v) is 2.14. The summed E-state index contributed by atoms with van der Waals surface area (Å²) in [6, 6.07) is 7.51. The number of hydrogen-bond acceptors (Lipinski definition) is 2. The van der Waals surface area contributed by atoms with E-state index >= 15 is 0 Å². The smallest absolute Gasteiger partial charge is 0.194 e. The zero-order chi connectivity index (χ0) is 9.42. The van der Waals surface area contributed by atoms with Gasteiger partial charge in [-0.1, -0.05) is 6.07 Å². The molecule has 2 nitrogen and oxygen atoms in total. The van der Waals surface area contributed by atoms with Crippen molar-refractivity contribution in [1.29, 1.82) is 0 Å². The summed E-state index contributed by atoms with van der Waals surface area (Å²) in [6.07, 6.45) is 0. The summed E-state index contributed by atoms with van der Waals surface area (Å²) >= 11 is 0. The summed E-state index contributed by atoms with van der Waals surface area (Å²) < 4.78 is 5.39. The Morgan fingerprint density at radius 2 is 2.00 bits per heavy atom. The second-order valence-corrected chi connectivity index (χ2v) is 3.15. The highest BCUT2D eigenvalue weighted by Gasteiger charge is 2.10. The number of carbonyl (C=O) groups is 1. The second-order valence-electron chi connectivity index (χ2n) is 3.15. The molecule has 0 saturated carbocycles. The lowest BCUT2D eigenvalue weighted by Gasteiger charge is -2.01. The summed E-state index contributed by atoms with van der Waals surface area (Å²) in [5.74, 6) is 1.16. The van der Waals surface area contributed by atoms with Gasteiger partial charge in [0.1, 0.15) is 5.76 Å². The third kappa shape index (κ3) is 1.24. The molecule has 0 radical (unpaired) electrons. The zero-order valence-electron chi connectivity index (χ0n) is 7.63. The van der Waals surface area contributed by atoms with Crippen molar-refractivity contribution in [1.82, 2.24) is 0 Å². The van der Waals surface area contributed by atoms with Gasteiger partial charge in [0.2, 0.25) is 0 Å². The van der Waals surface area contributed by atoms with Gasteiger partial charge < -0.3 is 4.42 Å². The van der Waals surface area contributed by atoms with E-state index in [1.165, 1.54) is 12.5 Å². The van der Waals surface area contributed by atoms with Crippen LogP contribution in [0.15, 0.2) is 28.7 Å². The van der Waals surface area contributed by atoms with Crippen molar-refractivity contribution < 1.29 is 9.21 Å². The molecule has 0 aromatic rings. The molecule has 0 N–H and O–H groups in total. The Hall–Kier alpha value is -1.57. The van der Waals surface area contributed by atoms with E-state index in [1.54, 1.807) is 6.07 Å². The molecule has 66 valence electrons. The van der Waals surface area contributed by atoms with Crippen molar-refractivity contribution in [2.24, 2.45) is 0 Å². The van der Waals surface area contributed by atoms with Crippen LogP contribution in [-0.4, -0.2) is 5.78 Å². The Morgan fingerprint density at radius 1 is 1.23 bits per heavy atom. The fourth-order valence-corrected chi connectivity index (χ4v) is 1.38. The minimum atomic E-state index is -0.0410. The van der Waals surface area contributed by atoms with E-state index in [-0.39, 0.29) is 5.78 Å². The van der Waals surface area contributed by atoms with Crippen LogP contribution in [0.1, 0.15) is 23.0 Å². The molecule has 0 aromatic carbocycles. The number of fused-ring (bicyclic) bond motifs is 1. The molecule has 0 aromatic heterocycles. The largest absolute Gasteiger partial charge is 0.453 e. The van der Waals surface area contributed by atoms with Crippen LogP contribution in [0.5, 0.6) is 0 Å². The number of carbonyl (C=O) groups excluding carboxylic acids is 1. The lowest BCUT2D eigenvalue weighted by atomic mass is 10.1. The maximum atomic E-state index is 11.0. The molecule has 0 fully saturated rings. The predicted molar refractivity (Wildman–Crippen MR) is 50.1 cm³/mol. The van der Waals surface area contributed by atoms with Gasteiger partial charge in [-0.15, -0.1) is 0 Å². The Labute approximate surface area is 76.5 Å². The SMILES string of the molecule is CC(=O)c1ccc2c(C)ccc-2o1. The highest BCUT2D eigenvalue weighted by molar-refractivity contribution is 5.91. The van der Waals surface area contributed by atoms with E-state index in [2.05, 4.69) is 0 Å². The number of aryl methyl sites for hydroxylation is 1. The number of Topliss-reactive ketones (excluding diaryl/α,β-unsaturated/α-hetero) is 1. The van der Waals surface area contributed by atoms with Crippen LogP contribution in [0.3, 0.4) is 0 Å². The summed E-state index contributed by atoms with van der Waals surface area (Å²) in [6.45, 7) is 3.52. The van der Waals surface area contributed by atoms with E-state index in [0.717, 1.165) is 11.3 Å². The van der Waals surface area contributed by atoms with Crippen molar-refractivity contribution in [3.63, 3.8) is 0 Å². The highest BCUT2D eigenvalue weighted by Crippen LogP contribution is 2.28. The summed E-state index contributed by atoms with van der Waals surface area (Å²) in [5.41, 5.74) is 2.25. The molecular weight excluding hydrogens is 164 g/mol. The van der Waals surface area contributed by atoms with Crippen LogP contribution in [-0.2, 0) is 0 Å². The first-order chi connectivity index (χ1) is 6.18. The highest BCUT2D eigenvalue weighted by atomic mass is 16.3. The average molecular weight is 174 g/mol. The van der Waals surface area contributed by atoms with Crippen LogP contribution >= 0.6 is 0 Å². The molecule has 0 unspecified atom stereocenters. The lowest BCUT2D eigenvalue weighted by molar-refractivity contribution is 0.0986. The minimum absolute atomic E-state index is 0.0410. The fourth-order valence-electron chi connectivity index (χ4n) is 1.38.